The summed E-state index contributed by atoms with van der Waals surface area (Å²) in [5.41, 5.74) is 0. The molecule has 0 bridgehead atoms. The Kier molecular flexibility index (Phi) is 5.37. The number of aromatic nitrogens is 3. The number of aryl methyl sites for hydroxylation is 1. The van der Waals surface area contributed by atoms with Crippen LogP contribution in [-0.4, -0.2) is 41.3 Å². The molecular weight excluding hydrogens is 208 g/mol. The Bertz CT molecular complexity index is 299. The van der Waals surface area contributed by atoms with E-state index in [4.69, 9.17) is 9.47 Å². The lowest BCUT2D eigenvalue weighted by Gasteiger charge is -2.21. The Morgan fingerprint density at radius 1 is 1.44 bits per heavy atom. The van der Waals surface area contributed by atoms with E-state index < -0.39 is 0 Å². The molecule has 1 unspecified atom stereocenters. The summed E-state index contributed by atoms with van der Waals surface area (Å²) >= 11 is 0. The first-order chi connectivity index (χ1) is 7.72. The lowest BCUT2D eigenvalue weighted by molar-refractivity contribution is -0.119. The van der Waals surface area contributed by atoms with E-state index >= 15 is 0 Å². The predicted octanol–water partition coefficient (Wildman–Crippen LogP) is 0.395. The Hall–Kier alpha value is -0.980. The van der Waals surface area contributed by atoms with Gasteiger partial charge in [-0.2, -0.15) is 0 Å². The SMILES string of the molecule is CCn1cnnc1CNC(C)C(OC)OC. The van der Waals surface area contributed by atoms with E-state index in [-0.39, 0.29) is 12.3 Å². The van der Waals surface area contributed by atoms with Crippen molar-refractivity contribution in [2.75, 3.05) is 14.2 Å². The van der Waals surface area contributed by atoms with Gasteiger partial charge in [0.25, 0.3) is 0 Å². The van der Waals surface area contributed by atoms with Gasteiger partial charge in [0.1, 0.15) is 12.2 Å². The molecule has 0 fully saturated rings. The Balaban J connectivity index is 2.45. The van der Waals surface area contributed by atoms with E-state index in [1.165, 1.54) is 0 Å². The van der Waals surface area contributed by atoms with Gasteiger partial charge in [0.2, 0.25) is 0 Å². The number of methoxy groups -OCH3 is 2. The molecule has 1 aromatic heterocycles. The van der Waals surface area contributed by atoms with Crippen molar-refractivity contribution in [3.8, 4) is 0 Å². The molecule has 6 nitrogen and oxygen atoms in total. The zero-order valence-corrected chi connectivity index (χ0v) is 10.3. The first-order valence-corrected chi connectivity index (χ1v) is 5.38. The predicted molar refractivity (Wildman–Crippen MR) is 59.8 cm³/mol. The van der Waals surface area contributed by atoms with Crippen LogP contribution in [0.2, 0.25) is 0 Å². The van der Waals surface area contributed by atoms with Crippen molar-refractivity contribution < 1.29 is 9.47 Å². The van der Waals surface area contributed by atoms with Crippen LogP contribution < -0.4 is 5.32 Å². The maximum Gasteiger partial charge on any atom is 0.171 e. The van der Waals surface area contributed by atoms with E-state index in [0.717, 1.165) is 12.4 Å². The normalized spacial score (nSPS) is 13.3. The van der Waals surface area contributed by atoms with Crippen LogP contribution in [0.5, 0.6) is 0 Å². The molecule has 0 aliphatic rings. The lowest BCUT2D eigenvalue weighted by atomic mass is 10.3. The molecule has 0 aliphatic carbocycles. The number of hydrogen-bond acceptors (Lipinski definition) is 5. The lowest BCUT2D eigenvalue weighted by Crippen LogP contribution is -2.39. The Morgan fingerprint density at radius 2 is 2.12 bits per heavy atom. The van der Waals surface area contributed by atoms with E-state index in [1.807, 2.05) is 11.5 Å². The summed E-state index contributed by atoms with van der Waals surface area (Å²) in [5.74, 6) is 0.917. The van der Waals surface area contributed by atoms with Crippen LogP contribution in [0.3, 0.4) is 0 Å². The maximum absolute atomic E-state index is 5.16. The highest BCUT2D eigenvalue weighted by Crippen LogP contribution is 2.01. The third-order valence-corrected chi connectivity index (χ3v) is 2.49. The molecule has 0 saturated heterocycles. The fraction of sp³-hybridized carbons (Fsp3) is 0.800. The van der Waals surface area contributed by atoms with E-state index in [9.17, 15) is 0 Å². The molecule has 0 spiro atoms. The van der Waals surface area contributed by atoms with Crippen molar-refractivity contribution in [2.45, 2.75) is 39.3 Å². The second-order valence-electron chi connectivity index (χ2n) is 3.54. The summed E-state index contributed by atoms with van der Waals surface area (Å²) in [5, 5.41) is 11.2. The summed E-state index contributed by atoms with van der Waals surface area (Å²) in [7, 11) is 3.25. The van der Waals surface area contributed by atoms with Crippen molar-refractivity contribution in [1.29, 1.82) is 0 Å². The number of ether oxygens (including phenoxy) is 2. The van der Waals surface area contributed by atoms with E-state index in [0.29, 0.717) is 6.54 Å². The summed E-state index contributed by atoms with van der Waals surface area (Å²) in [6.07, 6.45) is 1.48. The molecule has 6 heteroatoms. The number of nitrogens with one attached hydrogen (secondary N) is 1. The van der Waals surface area contributed by atoms with E-state index in [1.54, 1.807) is 20.5 Å². The zero-order chi connectivity index (χ0) is 12.0. The second-order valence-corrected chi connectivity index (χ2v) is 3.54. The topological polar surface area (TPSA) is 61.2 Å². The largest absolute Gasteiger partial charge is 0.354 e. The van der Waals surface area contributed by atoms with Crippen LogP contribution in [0, 0.1) is 0 Å². The average Bonchev–Trinajstić information content (AvgIpc) is 2.75. The standard InChI is InChI=1S/C10H20N4O2/c1-5-14-7-12-13-9(14)6-11-8(2)10(15-3)16-4/h7-8,10-11H,5-6H2,1-4H3. The van der Waals surface area contributed by atoms with Crippen LogP contribution in [0.25, 0.3) is 0 Å². The minimum atomic E-state index is -0.252. The third kappa shape index (κ3) is 3.26. The van der Waals surface area contributed by atoms with Crippen LogP contribution in [0.1, 0.15) is 19.7 Å². The van der Waals surface area contributed by atoms with Gasteiger partial charge < -0.3 is 19.4 Å². The van der Waals surface area contributed by atoms with Gasteiger partial charge in [0.15, 0.2) is 6.29 Å². The first kappa shape index (κ1) is 13.1. The highest BCUT2D eigenvalue weighted by atomic mass is 16.7. The number of hydrogen-bond donors (Lipinski definition) is 1. The van der Waals surface area contributed by atoms with Gasteiger partial charge in [-0.1, -0.05) is 0 Å². The maximum atomic E-state index is 5.16. The highest BCUT2D eigenvalue weighted by Gasteiger charge is 2.15. The van der Waals surface area contributed by atoms with Crippen molar-refractivity contribution >= 4 is 0 Å². The van der Waals surface area contributed by atoms with Gasteiger partial charge in [-0.05, 0) is 13.8 Å². The first-order valence-electron chi connectivity index (χ1n) is 5.38. The molecule has 1 aromatic rings. The van der Waals surface area contributed by atoms with Gasteiger partial charge in [0, 0.05) is 20.8 Å². The van der Waals surface area contributed by atoms with Crippen LogP contribution in [-0.2, 0) is 22.6 Å². The van der Waals surface area contributed by atoms with Gasteiger partial charge in [-0.3, -0.25) is 0 Å². The van der Waals surface area contributed by atoms with Gasteiger partial charge in [-0.15, -0.1) is 10.2 Å². The Morgan fingerprint density at radius 3 is 2.69 bits per heavy atom. The summed E-state index contributed by atoms with van der Waals surface area (Å²) in [6.45, 7) is 5.59. The highest BCUT2D eigenvalue weighted by molar-refractivity contribution is 4.85. The van der Waals surface area contributed by atoms with Crippen molar-refractivity contribution in [3.63, 3.8) is 0 Å². The minimum Gasteiger partial charge on any atom is -0.354 e. The number of rotatable bonds is 7. The third-order valence-electron chi connectivity index (χ3n) is 2.49. The molecular formula is C10H20N4O2. The van der Waals surface area contributed by atoms with Crippen molar-refractivity contribution in [1.82, 2.24) is 20.1 Å². The fourth-order valence-corrected chi connectivity index (χ4v) is 1.53. The molecule has 0 saturated carbocycles. The van der Waals surface area contributed by atoms with Gasteiger partial charge >= 0.3 is 0 Å². The summed E-state index contributed by atoms with van der Waals surface area (Å²) < 4.78 is 12.3. The smallest absolute Gasteiger partial charge is 0.171 e. The molecule has 1 atom stereocenters. The van der Waals surface area contributed by atoms with Crippen LogP contribution in [0.4, 0.5) is 0 Å². The molecule has 0 aromatic carbocycles. The molecule has 1 N–H and O–H groups in total. The average molecular weight is 228 g/mol. The van der Waals surface area contributed by atoms with Gasteiger partial charge in [0.05, 0.1) is 12.6 Å². The fourth-order valence-electron chi connectivity index (χ4n) is 1.53. The monoisotopic (exact) mass is 228 g/mol. The molecule has 1 rings (SSSR count). The molecule has 0 aliphatic heterocycles. The molecule has 0 radical (unpaired) electrons. The Labute approximate surface area is 96.0 Å². The quantitative estimate of drug-likeness (QED) is 0.684. The number of nitrogens with zero attached hydrogens (tertiary/aromatic N) is 3. The van der Waals surface area contributed by atoms with Crippen molar-refractivity contribution in [2.24, 2.45) is 0 Å². The van der Waals surface area contributed by atoms with E-state index in [2.05, 4.69) is 22.4 Å². The molecule has 1 heterocycles. The zero-order valence-electron chi connectivity index (χ0n) is 10.3. The molecule has 0 amide bonds. The summed E-state index contributed by atoms with van der Waals surface area (Å²) in [6, 6.07) is 0.0945. The molecule has 16 heavy (non-hydrogen) atoms. The molecule has 92 valence electrons. The minimum absolute atomic E-state index is 0.0945. The van der Waals surface area contributed by atoms with Crippen molar-refractivity contribution in [3.05, 3.63) is 12.2 Å². The van der Waals surface area contributed by atoms with Crippen LogP contribution >= 0.6 is 0 Å². The van der Waals surface area contributed by atoms with Crippen LogP contribution in [0.15, 0.2) is 6.33 Å². The summed E-state index contributed by atoms with van der Waals surface area (Å²) in [4.78, 5) is 0. The van der Waals surface area contributed by atoms with Gasteiger partial charge in [-0.25, -0.2) is 0 Å². The second kappa shape index (κ2) is 6.57.